The van der Waals surface area contributed by atoms with Crippen molar-refractivity contribution >= 4 is 27.3 Å². The van der Waals surface area contributed by atoms with Crippen LogP contribution in [0.25, 0.3) is 0 Å². The molecule has 1 aromatic rings. The van der Waals surface area contributed by atoms with Crippen molar-refractivity contribution in [3.8, 4) is 0 Å². The van der Waals surface area contributed by atoms with Crippen molar-refractivity contribution in [3.05, 3.63) is 11.2 Å². The Bertz CT molecular complexity index is 544. The van der Waals surface area contributed by atoms with Crippen LogP contribution in [-0.2, 0) is 14.8 Å². The molecule has 0 radical (unpaired) electrons. The highest BCUT2D eigenvalue weighted by Gasteiger charge is 2.32. The van der Waals surface area contributed by atoms with Crippen LogP contribution in [0.1, 0.15) is 17.8 Å². The smallest absolute Gasteiger partial charge is 0.306 e. The maximum absolute atomic E-state index is 12.2. The van der Waals surface area contributed by atoms with Gasteiger partial charge in [-0.1, -0.05) is 0 Å². The largest absolute Gasteiger partial charge is 0.481 e. The van der Waals surface area contributed by atoms with E-state index >= 15 is 0 Å². The van der Waals surface area contributed by atoms with Gasteiger partial charge in [0.25, 0.3) is 10.0 Å². The first-order valence-electron chi connectivity index (χ1n) is 5.56. The molecule has 0 atom stereocenters. The fraction of sp³-hybridized carbons (Fsp3) is 0.600. The van der Waals surface area contributed by atoms with E-state index in [-0.39, 0.29) is 17.3 Å². The fourth-order valence-corrected chi connectivity index (χ4v) is 4.66. The molecule has 1 saturated heterocycles. The van der Waals surface area contributed by atoms with Crippen LogP contribution in [0.4, 0.5) is 0 Å². The average molecular weight is 290 g/mol. The minimum Gasteiger partial charge on any atom is -0.481 e. The lowest BCUT2D eigenvalue weighted by atomic mass is 9.99. The SMILES string of the molecule is Cc1ncc(S(=O)(=O)N2CCC(C(=O)O)CC2)s1. The van der Waals surface area contributed by atoms with E-state index < -0.39 is 21.9 Å². The van der Waals surface area contributed by atoms with Crippen LogP contribution in [0.15, 0.2) is 10.4 Å². The third-order valence-electron chi connectivity index (χ3n) is 3.00. The van der Waals surface area contributed by atoms with Crippen molar-refractivity contribution in [1.82, 2.24) is 9.29 Å². The van der Waals surface area contributed by atoms with Crippen LogP contribution in [0.2, 0.25) is 0 Å². The molecule has 2 heterocycles. The molecule has 1 fully saturated rings. The van der Waals surface area contributed by atoms with Gasteiger partial charge in [-0.25, -0.2) is 13.4 Å². The van der Waals surface area contributed by atoms with Crippen LogP contribution < -0.4 is 0 Å². The Balaban J connectivity index is 2.12. The molecule has 1 N–H and O–H groups in total. The van der Waals surface area contributed by atoms with Crippen molar-refractivity contribution in [2.24, 2.45) is 5.92 Å². The lowest BCUT2D eigenvalue weighted by Gasteiger charge is -2.28. The molecule has 8 heteroatoms. The monoisotopic (exact) mass is 290 g/mol. The number of thiazole rings is 1. The number of carboxylic acids is 1. The molecule has 6 nitrogen and oxygen atoms in total. The molecular formula is C10H14N2O4S2. The second-order valence-corrected chi connectivity index (χ2v) is 7.61. The molecule has 100 valence electrons. The minimum atomic E-state index is -3.49. The maximum Gasteiger partial charge on any atom is 0.306 e. The van der Waals surface area contributed by atoms with E-state index in [2.05, 4.69) is 4.98 Å². The molecule has 0 aromatic carbocycles. The van der Waals surface area contributed by atoms with Crippen molar-refractivity contribution in [3.63, 3.8) is 0 Å². The van der Waals surface area contributed by atoms with Crippen LogP contribution in [-0.4, -0.2) is 41.9 Å². The zero-order valence-electron chi connectivity index (χ0n) is 9.87. The van der Waals surface area contributed by atoms with E-state index in [4.69, 9.17) is 5.11 Å². The summed E-state index contributed by atoms with van der Waals surface area (Å²) in [5, 5.41) is 9.57. The Kier molecular flexibility index (Phi) is 3.69. The van der Waals surface area contributed by atoms with Gasteiger partial charge in [0, 0.05) is 13.1 Å². The first-order valence-corrected chi connectivity index (χ1v) is 7.82. The highest BCUT2D eigenvalue weighted by atomic mass is 32.2. The Hall–Kier alpha value is -0.990. The highest BCUT2D eigenvalue weighted by Crippen LogP contribution is 2.26. The summed E-state index contributed by atoms with van der Waals surface area (Å²) >= 11 is 1.14. The van der Waals surface area contributed by atoms with E-state index in [0.717, 1.165) is 11.3 Å². The summed E-state index contributed by atoms with van der Waals surface area (Å²) < 4.78 is 26.0. The number of nitrogens with zero attached hydrogens (tertiary/aromatic N) is 2. The van der Waals surface area contributed by atoms with E-state index in [1.165, 1.54) is 10.5 Å². The predicted molar refractivity (Wildman–Crippen MR) is 66.0 cm³/mol. The van der Waals surface area contributed by atoms with Crippen molar-refractivity contribution < 1.29 is 18.3 Å². The normalized spacial score (nSPS) is 18.9. The molecule has 1 aromatic heterocycles. The third kappa shape index (κ3) is 2.55. The number of hydrogen-bond acceptors (Lipinski definition) is 5. The number of rotatable bonds is 3. The predicted octanol–water partition coefficient (Wildman–Crippen LogP) is 0.937. The summed E-state index contributed by atoms with van der Waals surface area (Å²) in [6, 6.07) is 0. The van der Waals surface area contributed by atoms with Gasteiger partial charge in [-0.3, -0.25) is 4.79 Å². The topological polar surface area (TPSA) is 87.6 Å². The fourth-order valence-electron chi connectivity index (χ4n) is 1.93. The molecule has 2 rings (SSSR count). The number of piperidine rings is 1. The van der Waals surface area contributed by atoms with E-state index in [1.54, 1.807) is 6.92 Å². The minimum absolute atomic E-state index is 0.230. The number of aromatic nitrogens is 1. The molecule has 18 heavy (non-hydrogen) atoms. The van der Waals surface area contributed by atoms with E-state index in [1.807, 2.05) is 0 Å². The number of sulfonamides is 1. The molecule has 0 saturated carbocycles. The zero-order chi connectivity index (χ0) is 13.3. The second kappa shape index (κ2) is 4.94. The number of carboxylic acid groups (broad SMARTS) is 1. The standard InChI is InChI=1S/C10H14N2O4S2/c1-7-11-6-9(17-7)18(15,16)12-4-2-8(3-5-12)10(13)14/h6,8H,2-5H2,1H3,(H,13,14). The van der Waals surface area contributed by atoms with Gasteiger partial charge in [-0.05, 0) is 19.8 Å². The molecule has 1 aliphatic heterocycles. The summed E-state index contributed by atoms with van der Waals surface area (Å²) in [4.78, 5) is 14.7. The lowest BCUT2D eigenvalue weighted by molar-refractivity contribution is -0.142. The van der Waals surface area contributed by atoms with Gasteiger partial charge < -0.3 is 5.11 Å². The highest BCUT2D eigenvalue weighted by molar-refractivity contribution is 7.91. The van der Waals surface area contributed by atoms with Gasteiger partial charge in [0.2, 0.25) is 0 Å². The molecule has 1 aliphatic rings. The molecule has 0 aliphatic carbocycles. The summed E-state index contributed by atoms with van der Waals surface area (Å²) in [5.41, 5.74) is 0. The van der Waals surface area contributed by atoms with E-state index in [0.29, 0.717) is 17.8 Å². The average Bonchev–Trinajstić information content (AvgIpc) is 2.76. The summed E-state index contributed by atoms with van der Waals surface area (Å²) in [5.74, 6) is -1.28. The molecular weight excluding hydrogens is 276 g/mol. The van der Waals surface area contributed by atoms with E-state index in [9.17, 15) is 13.2 Å². The second-order valence-electron chi connectivity index (χ2n) is 4.21. The maximum atomic E-state index is 12.2. The van der Waals surface area contributed by atoms with Gasteiger partial charge in [-0.15, -0.1) is 11.3 Å². The van der Waals surface area contributed by atoms with Gasteiger partial charge >= 0.3 is 5.97 Å². The first-order chi connectivity index (χ1) is 8.41. The van der Waals surface area contributed by atoms with Gasteiger partial charge in [0.15, 0.2) is 4.21 Å². The van der Waals surface area contributed by atoms with Crippen LogP contribution in [0.5, 0.6) is 0 Å². The Labute approximate surface area is 109 Å². The van der Waals surface area contributed by atoms with Gasteiger partial charge in [0.1, 0.15) is 0 Å². The summed E-state index contributed by atoms with van der Waals surface area (Å²) in [7, 11) is -3.49. The summed E-state index contributed by atoms with van der Waals surface area (Å²) in [6.07, 6.45) is 2.09. The summed E-state index contributed by atoms with van der Waals surface area (Å²) in [6.45, 7) is 2.27. The van der Waals surface area contributed by atoms with Crippen molar-refractivity contribution in [2.45, 2.75) is 24.0 Å². The van der Waals surface area contributed by atoms with Crippen molar-refractivity contribution in [1.29, 1.82) is 0 Å². The Morgan fingerprint density at radius 2 is 2.11 bits per heavy atom. The Morgan fingerprint density at radius 3 is 2.56 bits per heavy atom. The molecule has 0 amide bonds. The van der Waals surface area contributed by atoms with Crippen LogP contribution >= 0.6 is 11.3 Å². The quantitative estimate of drug-likeness (QED) is 0.895. The molecule has 0 spiro atoms. The van der Waals surface area contributed by atoms with Crippen LogP contribution in [0.3, 0.4) is 0 Å². The van der Waals surface area contributed by atoms with Crippen LogP contribution in [0, 0.1) is 12.8 Å². The molecule has 0 bridgehead atoms. The first kappa shape index (κ1) is 13.4. The van der Waals surface area contributed by atoms with Gasteiger partial charge in [-0.2, -0.15) is 4.31 Å². The van der Waals surface area contributed by atoms with Crippen molar-refractivity contribution in [2.75, 3.05) is 13.1 Å². The number of hydrogen-bond donors (Lipinski definition) is 1. The zero-order valence-corrected chi connectivity index (χ0v) is 11.5. The number of aliphatic carboxylic acids is 1. The number of aryl methyl sites for hydroxylation is 1. The molecule has 0 unspecified atom stereocenters. The van der Waals surface area contributed by atoms with Gasteiger partial charge in [0.05, 0.1) is 17.1 Å². The third-order valence-corrected chi connectivity index (χ3v) is 6.25. The lowest BCUT2D eigenvalue weighted by Crippen LogP contribution is -2.39. The Morgan fingerprint density at radius 1 is 1.50 bits per heavy atom. The number of carbonyl (C=O) groups is 1.